The lowest BCUT2D eigenvalue weighted by Gasteiger charge is -2.38. The molecule has 0 bridgehead atoms. The van der Waals surface area contributed by atoms with Crippen LogP contribution in [0.3, 0.4) is 0 Å². The summed E-state index contributed by atoms with van der Waals surface area (Å²) in [6, 6.07) is 10.7. The molecule has 0 saturated carbocycles. The minimum Gasteiger partial charge on any atom is -0.368 e. The molecular formula is C24H36N2O3. The number of hydrogen-bond acceptors (Lipinski definition) is 3. The second-order valence-corrected chi connectivity index (χ2v) is 8.34. The van der Waals surface area contributed by atoms with E-state index >= 15 is 0 Å². The van der Waals surface area contributed by atoms with Gasteiger partial charge in [-0.3, -0.25) is 9.59 Å². The molecule has 2 amide bonds. The number of nitrogens with zero attached hydrogens (tertiary/aromatic N) is 2. The van der Waals surface area contributed by atoms with Gasteiger partial charge >= 0.3 is 0 Å². The summed E-state index contributed by atoms with van der Waals surface area (Å²) in [5.41, 5.74) is 1.27. The second-order valence-electron chi connectivity index (χ2n) is 8.34. The lowest BCUT2D eigenvalue weighted by atomic mass is 9.93. The molecule has 1 aromatic carbocycles. The summed E-state index contributed by atoms with van der Waals surface area (Å²) in [5, 5.41) is 0. The average Bonchev–Trinajstić information content (AvgIpc) is 3.31. The van der Waals surface area contributed by atoms with E-state index in [9.17, 15) is 9.59 Å². The Bertz CT molecular complexity index is 645. The predicted molar refractivity (Wildman–Crippen MR) is 115 cm³/mol. The van der Waals surface area contributed by atoms with Gasteiger partial charge < -0.3 is 14.5 Å². The van der Waals surface area contributed by atoms with Gasteiger partial charge in [0.15, 0.2) is 0 Å². The zero-order valence-corrected chi connectivity index (χ0v) is 18.0. The molecule has 2 heterocycles. The highest BCUT2D eigenvalue weighted by Gasteiger charge is 2.35. The highest BCUT2D eigenvalue weighted by Crippen LogP contribution is 2.25. The standard InChI is InChI=1S/C24H36N2O3/c1-3-21(4-2)26(17-12-19-9-6-5-7-10-19)23(27)20-13-15-25(16-14-20)24(28)22-11-8-18-29-22/h5-7,9-10,20-22H,3-4,8,11-18H2,1-2H3. The summed E-state index contributed by atoms with van der Waals surface area (Å²) in [7, 11) is 0. The molecule has 1 unspecified atom stereocenters. The van der Waals surface area contributed by atoms with Crippen LogP contribution in [0.25, 0.3) is 0 Å². The molecule has 0 aliphatic carbocycles. The van der Waals surface area contributed by atoms with Gasteiger partial charge in [-0.1, -0.05) is 44.2 Å². The number of hydrogen-bond donors (Lipinski definition) is 0. The minimum absolute atomic E-state index is 0.0277. The number of benzene rings is 1. The molecule has 1 atom stereocenters. The number of rotatable bonds is 8. The van der Waals surface area contributed by atoms with Crippen LogP contribution in [-0.2, 0) is 20.7 Å². The van der Waals surface area contributed by atoms with E-state index in [1.165, 1.54) is 5.56 Å². The van der Waals surface area contributed by atoms with Crippen molar-refractivity contribution in [1.82, 2.24) is 9.80 Å². The molecule has 0 spiro atoms. The van der Waals surface area contributed by atoms with Gasteiger partial charge in [0.1, 0.15) is 6.10 Å². The second kappa shape index (κ2) is 10.8. The molecule has 0 radical (unpaired) electrons. The van der Waals surface area contributed by atoms with Crippen molar-refractivity contribution in [1.29, 1.82) is 0 Å². The summed E-state index contributed by atoms with van der Waals surface area (Å²) in [5.74, 6) is 0.424. The Morgan fingerprint density at radius 1 is 1.10 bits per heavy atom. The van der Waals surface area contributed by atoms with Gasteiger partial charge in [0.2, 0.25) is 5.91 Å². The molecule has 2 aliphatic heterocycles. The first-order valence-corrected chi connectivity index (χ1v) is 11.4. The molecule has 2 saturated heterocycles. The number of ether oxygens (including phenoxy) is 1. The fourth-order valence-electron chi connectivity index (χ4n) is 4.65. The molecular weight excluding hydrogens is 364 g/mol. The molecule has 0 N–H and O–H groups in total. The van der Waals surface area contributed by atoms with E-state index in [0.717, 1.165) is 51.5 Å². The molecule has 1 aromatic rings. The lowest BCUT2D eigenvalue weighted by molar-refractivity contribution is -0.146. The number of carbonyl (C=O) groups excluding carboxylic acids is 2. The van der Waals surface area contributed by atoms with Crippen LogP contribution >= 0.6 is 0 Å². The highest BCUT2D eigenvalue weighted by atomic mass is 16.5. The van der Waals surface area contributed by atoms with Crippen molar-refractivity contribution in [3.63, 3.8) is 0 Å². The van der Waals surface area contributed by atoms with Crippen LogP contribution in [0.2, 0.25) is 0 Å². The summed E-state index contributed by atoms with van der Waals surface area (Å²) in [6.07, 6.45) is 5.92. The van der Waals surface area contributed by atoms with E-state index in [2.05, 4.69) is 43.0 Å². The molecule has 2 aliphatic rings. The first-order valence-electron chi connectivity index (χ1n) is 11.4. The number of amides is 2. The van der Waals surface area contributed by atoms with Crippen LogP contribution in [0.15, 0.2) is 30.3 Å². The normalized spacial score (nSPS) is 20.2. The van der Waals surface area contributed by atoms with Crippen molar-refractivity contribution in [3.05, 3.63) is 35.9 Å². The van der Waals surface area contributed by atoms with E-state index in [1.54, 1.807) is 0 Å². The Morgan fingerprint density at radius 3 is 2.38 bits per heavy atom. The largest absolute Gasteiger partial charge is 0.368 e. The van der Waals surface area contributed by atoms with E-state index < -0.39 is 0 Å². The van der Waals surface area contributed by atoms with Crippen LogP contribution in [0.4, 0.5) is 0 Å². The van der Waals surface area contributed by atoms with E-state index in [4.69, 9.17) is 4.74 Å². The molecule has 160 valence electrons. The van der Waals surface area contributed by atoms with E-state index in [-0.39, 0.29) is 29.9 Å². The zero-order valence-electron chi connectivity index (χ0n) is 18.0. The number of piperidine rings is 1. The van der Waals surface area contributed by atoms with Gasteiger partial charge in [-0.25, -0.2) is 0 Å². The van der Waals surface area contributed by atoms with E-state index in [0.29, 0.717) is 19.7 Å². The summed E-state index contributed by atoms with van der Waals surface area (Å²) in [4.78, 5) is 30.0. The topological polar surface area (TPSA) is 49.9 Å². The van der Waals surface area contributed by atoms with Crippen molar-refractivity contribution in [2.24, 2.45) is 5.92 Å². The number of carbonyl (C=O) groups is 2. The quantitative estimate of drug-likeness (QED) is 0.669. The monoisotopic (exact) mass is 400 g/mol. The minimum atomic E-state index is -0.255. The van der Waals surface area contributed by atoms with Crippen LogP contribution in [0.1, 0.15) is 57.9 Å². The van der Waals surface area contributed by atoms with Gasteiger partial charge in [-0.05, 0) is 50.5 Å². The first kappa shape index (κ1) is 21.8. The fraction of sp³-hybridized carbons (Fsp3) is 0.667. The van der Waals surface area contributed by atoms with Gasteiger partial charge in [0, 0.05) is 38.2 Å². The van der Waals surface area contributed by atoms with Gasteiger partial charge in [0.25, 0.3) is 5.91 Å². The van der Waals surface area contributed by atoms with E-state index in [1.807, 2.05) is 11.0 Å². The van der Waals surface area contributed by atoms with Crippen LogP contribution in [-0.4, -0.2) is 60.0 Å². The molecule has 3 rings (SSSR count). The van der Waals surface area contributed by atoms with Crippen molar-refractivity contribution in [2.45, 2.75) is 70.9 Å². The third-order valence-corrected chi connectivity index (χ3v) is 6.51. The zero-order chi connectivity index (χ0) is 20.6. The SMILES string of the molecule is CCC(CC)N(CCc1ccccc1)C(=O)C1CCN(C(=O)C2CCCO2)CC1. The van der Waals surface area contributed by atoms with Crippen LogP contribution in [0.5, 0.6) is 0 Å². The Morgan fingerprint density at radius 2 is 1.79 bits per heavy atom. The number of likely N-dealkylation sites (tertiary alicyclic amines) is 1. The Balaban J connectivity index is 1.58. The van der Waals surface area contributed by atoms with Gasteiger partial charge in [0.05, 0.1) is 0 Å². The van der Waals surface area contributed by atoms with Crippen LogP contribution in [0, 0.1) is 5.92 Å². The third kappa shape index (κ3) is 5.59. The Labute approximate surface area is 175 Å². The summed E-state index contributed by atoms with van der Waals surface area (Å²) >= 11 is 0. The smallest absolute Gasteiger partial charge is 0.251 e. The summed E-state index contributed by atoms with van der Waals surface area (Å²) < 4.78 is 5.55. The Hall–Kier alpha value is -1.88. The molecule has 5 heteroatoms. The maximum atomic E-state index is 13.4. The van der Waals surface area contributed by atoms with Gasteiger partial charge in [-0.2, -0.15) is 0 Å². The van der Waals surface area contributed by atoms with Crippen molar-refractivity contribution >= 4 is 11.8 Å². The van der Waals surface area contributed by atoms with Crippen molar-refractivity contribution in [3.8, 4) is 0 Å². The molecule has 5 nitrogen and oxygen atoms in total. The maximum absolute atomic E-state index is 13.4. The third-order valence-electron chi connectivity index (χ3n) is 6.51. The average molecular weight is 401 g/mol. The lowest BCUT2D eigenvalue weighted by Crippen LogP contribution is -2.49. The predicted octanol–water partition coefficient (Wildman–Crippen LogP) is 3.66. The summed E-state index contributed by atoms with van der Waals surface area (Å²) in [6.45, 7) is 7.14. The van der Waals surface area contributed by atoms with Gasteiger partial charge in [-0.15, -0.1) is 0 Å². The molecule has 29 heavy (non-hydrogen) atoms. The van der Waals surface area contributed by atoms with Crippen molar-refractivity contribution < 1.29 is 14.3 Å². The fourth-order valence-corrected chi connectivity index (χ4v) is 4.65. The molecule has 2 fully saturated rings. The maximum Gasteiger partial charge on any atom is 0.251 e. The highest BCUT2D eigenvalue weighted by molar-refractivity contribution is 5.82. The molecule has 0 aromatic heterocycles. The van der Waals surface area contributed by atoms with Crippen molar-refractivity contribution in [2.75, 3.05) is 26.2 Å². The first-order chi connectivity index (χ1) is 14.1. The van der Waals surface area contributed by atoms with Crippen LogP contribution < -0.4 is 0 Å². The Kier molecular flexibility index (Phi) is 8.10.